The predicted octanol–water partition coefficient (Wildman–Crippen LogP) is 5.72. The van der Waals surface area contributed by atoms with Gasteiger partial charge in [-0.25, -0.2) is 9.79 Å². The number of halogens is 2. The number of thiazole rings is 1. The summed E-state index contributed by atoms with van der Waals surface area (Å²) in [6.07, 6.45) is 1.66. The van der Waals surface area contributed by atoms with Gasteiger partial charge in [0.25, 0.3) is 11.2 Å². The zero-order valence-electron chi connectivity index (χ0n) is 25.0. The van der Waals surface area contributed by atoms with Crippen LogP contribution in [-0.2, 0) is 16.1 Å². The molecule has 14 heteroatoms. The number of ether oxygens (including phenoxy) is 4. The van der Waals surface area contributed by atoms with E-state index in [0.29, 0.717) is 58.5 Å². The number of fused-ring (bicyclic) bond motifs is 1. The van der Waals surface area contributed by atoms with Gasteiger partial charge in [0.2, 0.25) is 0 Å². The normalized spacial score (nSPS) is 14.4. The van der Waals surface area contributed by atoms with Crippen molar-refractivity contribution in [2.75, 3.05) is 20.8 Å². The Kier molecular flexibility index (Phi) is 9.94. The number of hydrogen-bond donors (Lipinski definition) is 0. The average molecular weight is 729 g/mol. The molecule has 0 unspecified atom stereocenters. The van der Waals surface area contributed by atoms with Gasteiger partial charge in [0.05, 0.1) is 47.6 Å². The fraction of sp³-hybridized carbons (Fsp3) is 0.219. The summed E-state index contributed by atoms with van der Waals surface area (Å²) in [6, 6.07) is 13.6. The molecule has 1 aromatic heterocycles. The Morgan fingerprint density at radius 3 is 2.46 bits per heavy atom. The van der Waals surface area contributed by atoms with E-state index in [1.165, 1.54) is 30.9 Å². The Morgan fingerprint density at radius 2 is 1.80 bits per heavy atom. The molecule has 11 nitrogen and oxygen atoms in total. The highest BCUT2D eigenvalue weighted by atomic mass is 79.9. The molecule has 5 rings (SSSR count). The Morgan fingerprint density at radius 1 is 1.11 bits per heavy atom. The Hall–Kier alpha value is -4.46. The van der Waals surface area contributed by atoms with E-state index in [-0.39, 0.29) is 24.5 Å². The summed E-state index contributed by atoms with van der Waals surface area (Å²) in [4.78, 5) is 43.1. The van der Waals surface area contributed by atoms with E-state index in [4.69, 9.17) is 30.5 Å². The zero-order valence-corrected chi connectivity index (χ0v) is 28.2. The van der Waals surface area contributed by atoms with Crippen molar-refractivity contribution in [1.82, 2.24) is 4.57 Å². The smallest absolute Gasteiger partial charge is 0.338 e. The standard InChI is InChI=1S/C32H27BrClN3O8S/c1-5-44-31(39)28-17(2)35-32-36(29(28)22-14-25(42-3)26(43-4)15-23(22)33)30(38)27(46-32)13-19-12-20(34)8-11-24(19)45-16-18-6-9-21(10-7-18)37(40)41/h6-15,29H,5,16H2,1-4H3/b27-13-/t29-/m0/s1. The Labute approximate surface area is 280 Å². The lowest BCUT2D eigenvalue weighted by Gasteiger charge is -2.26. The second-order valence-corrected chi connectivity index (χ2v) is 12.2. The maximum absolute atomic E-state index is 14.2. The van der Waals surface area contributed by atoms with Crippen molar-refractivity contribution in [3.63, 3.8) is 0 Å². The Bertz CT molecular complexity index is 2060. The second-order valence-electron chi connectivity index (χ2n) is 9.93. The van der Waals surface area contributed by atoms with Crippen molar-refractivity contribution in [3.8, 4) is 17.2 Å². The number of nitro benzene ring substituents is 1. The molecule has 4 aromatic rings. The van der Waals surface area contributed by atoms with Gasteiger partial charge in [-0.3, -0.25) is 19.5 Å². The quantitative estimate of drug-likeness (QED) is 0.115. The van der Waals surface area contributed by atoms with Gasteiger partial charge in [-0.1, -0.05) is 38.9 Å². The van der Waals surface area contributed by atoms with Crippen molar-refractivity contribution in [1.29, 1.82) is 0 Å². The van der Waals surface area contributed by atoms with Crippen LogP contribution in [0.2, 0.25) is 5.02 Å². The van der Waals surface area contributed by atoms with Gasteiger partial charge in [-0.2, -0.15) is 0 Å². The number of hydrogen-bond acceptors (Lipinski definition) is 10. The summed E-state index contributed by atoms with van der Waals surface area (Å²) in [6.45, 7) is 3.66. The lowest BCUT2D eigenvalue weighted by atomic mass is 9.95. The first-order chi connectivity index (χ1) is 22.1. The molecule has 0 saturated carbocycles. The number of non-ortho nitro benzene ring substituents is 1. The van der Waals surface area contributed by atoms with Crippen LogP contribution in [0.25, 0.3) is 6.08 Å². The van der Waals surface area contributed by atoms with Crippen LogP contribution in [0.4, 0.5) is 5.69 Å². The van der Waals surface area contributed by atoms with Gasteiger partial charge >= 0.3 is 5.97 Å². The summed E-state index contributed by atoms with van der Waals surface area (Å²) >= 11 is 11.1. The molecule has 0 fully saturated rings. The van der Waals surface area contributed by atoms with E-state index in [1.54, 1.807) is 62.4 Å². The van der Waals surface area contributed by atoms with E-state index in [2.05, 4.69) is 20.9 Å². The van der Waals surface area contributed by atoms with Gasteiger partial charge in [0, 0.05) is 27.2 Å². The molecule has 1 aliphatic heterocycles. The maximum Gasteiger partial charge on any atom is 0.338 e. The van der Waals surface area contributed by atoms with Crippen molar-refractivity contribution in [2.24, 2.45) is 4.99 Å². The minimum Gasteiger partial charge on any atom is -0.493 e. The number of carbonyl (C=O) groups is 1. The second kappa shape index (κ2) is 13.9. The number of esters is 1. The number of benzene rings is 3. The van der Waals surface area contributed by atoms with Crippen LogP contribution in [0.5, 0.6) is 17.2 Å². The topological polar surface area (TPSA) is 131 Å². The molecule has 1 atom stereocenters. The lowest BCUT2D eigenvalue weighted by molar-refractivity contribution is -0.384. The monoisotopic (exact) mass is 727 g/mol. The van der Waals surface area contributed by atoms with Crippen LogP contribution in [0.3, 0.4) is 0 Å². The van der Waals surface area contributed by atoms with Gasteiger partial charge in [0.15, 0.2) is 16.3 Å². The fourth-order valence-corrected chi connectivity index (χ4v) is 6.70. The van der Waals surface area contributed by atoms with E-state index < -0.39 is 22.5 Å². The number of rotatable bonds is 10. The van der Waals surface area contributed by atoms with Crippen molar-refractivity contribution in [2.45, 2.75) is 26.5 Å². The van der Waals surface area contributed by atoms with Gasteiger partial charge in [-0.05, 0) is 73.5 Å². The summed E-state index contributed by atoms with van der Waals surface area (Å²) < 4.78 is 24.8. The SMILES string of the molecule is CCOC(=O)C1=C(C)N=c2s/c(=C\c3cc(Cl)ccc3OCc3ccc([N+](=O)[O-])cc3)c(=O)n2[C@H]1c1cc(OC)c(OC)cc1Br. The minimum absolute atomic E-state index is 0.0222. The van der Waals surface area contributed by atoms with Crippen LogP contribution >= 0.6 is 38.9 Å². The number of methoxy groups -OCH3 is 2. The highest BCUT2D eigenvalue weighted by Gasteiger charge is 2.35. The molecule has 46 heavy (non-hydrogen) atoms. The molecule has 0 saturated heterocycles. The van der Waals surface area contributed by atoms with Crippen molar-refractivity contribution < 1.29 is 28.7 Å². The average Bonchev–Trinajstić information content (AvgIpc) is 3.33. The largest absolute Gasteiger partial charge is 0.493 e. The molecular formula is C32H27BrClN3O8S. The van der Waals surface area contributed by atoms with Crippen LogP contribution in [0.15, 0.2) is 80.1 Å². The fourth-order valence-electron chi connectivity index (χ4n) is 4.94. The Balaban J connectivity index is 1.63. The molecule has 0 spiro atoms. The number of nitrogens with zero attached hydrogens (tertiary/aromatic N) is 3. The van der Waals surface area contributed by atoms with Crippen LogP contribution in [-0.4, -0.2) is 36.3 Å². The van der Waals surface area contributed by atoms with Crippen LogP contribution in [0.1, 0.15) is 36.6 Å². The molecule has 0 amide bonds. The first-order valence-corrected chi connectivity index (χ1v) is 15.8. The van der Waals surface area contributed by atoms with E-state index in [0.717, 1.165) is 11.3 Å². The molecular weight excluding hydrogens is 702 g/mol. The summed E-state index contributed by atoms with van der Waals surface area (Å²) in [5.74, 6) is 0.721. The highest BCUT2D eigenvalue weighted by molar-refractivity contribution is 9.10. The van der Waals surface area contributed by atoms with Crippen molar-refractivity contribution >= 4 is 56.6 Å². The number of nitro groups is 1. The van der Waals surface area contributed by atoms with Gasteiger partial charge in [0.1, 0.15) is 12.4 Å². The summed E-state index contributed by atoms with van der Waals surface area (Å²) in [5.41, 5.74) is 2.02. The molecule has 2 heterocycles. The summed E-state index contributed by atoms with van der Waals surface area (Å²) in [7, 11) is 3.02. The highest BCUT2D eigenvalue weighted by Crippen LogP contribution is 2.41. The molecule has 0 aliphatic carbocycles. The molecule has 238 valence electrons. The third-order valence-electron chi connectivity index (χ3n) is 7.11. The molecule has 0 bridgehead atoms. The van der Waals surface area contributed by atoms with Crippen LogP contribution < -0.4 is 29.1 Å². The molecule has 3 aromatic carbocycles. The summed E-state index contributed by atoms with van der Waals surface area (Å²) in [5, 5.41) is 11.4. The number of aromatic nitrogens is 1. The minimum atomic E-state index is -0.899. The zero-order chi connectivity index (χ0) is 33.1. The van der Waals surface area contributed by atoms with E-state index in [1.807, 2.05) is 0 Å². The predicted molar refractivity (Wildman–Crippen MR) is 177 cm³/mol. The molecule has 0 N–H and O–H groups in total. The maximum atomic E-state index is 14.2. The van der Waals surface area contributed by atoms with Gasteiger partial charge in [-0.15, -0.1) is 0 Å². The first kappa shape index (κ1) is 32.9. The lowest BCUT2D eigenvalue weighted by Crippen LogP contribution is -2.40. The van der Waals surface area contributed by atoms with Gasteiger partial charge < -0.3 is 18.9 Å². The van der Waals surface area contributed by atoms with E-state index >= 15 is 0 Å². The third kappa shape index (κ3) is 6.57. The molecule has 1 aliphatic rings. The third-order valence-corrected chi connectivity index (χ3v) is 9.02. The van der Waals surface area contributed by atoms with E-state index in [9.17, 15) is 19.7 Å². The molecule has 0 radical (unpaired) electrons. The van der Waals surface area contributed by atoms with Crippen LogP contribution in [0, 0.1) is 10.1 Å². The van der Waals surface area contributed by atoms with Crippen molar-refractivity contribution in [3.05, 3.63) is 122 Å². The first-order valence-electron chi connectivity index (χ1n) is 13.8. The number of allylic oxidation sites excluding steroid dienone is 1. The number of carbonyl (C=O) groups excluding carboxylic acids is 1.